The molecule has 6 heteroatoms. The zero-order valence-corrected chi connectivity index (χ0v) is 27.4. The normalized spacial score (nSPS) is 21.5. The first-order valence-electron chi connectivity index (χ1n) is 17.9. The van der Waals surface area contributed by atoms with Crippen LogP contribution in [0.3, 0.4) is 0 Å². The highest BCUT2D eigenvalue weighted by molar-refractivity contribution is 5.75. The predicted octanol–water partition coefficient (Wildman–Crippen LogP) is 9.37. The zero-order valence-electron chi connectivity index (χ0n) is 27.4. The van der Waals surface area contributed by atoms with E-state index in [9.17, 15) is 9.59 Å². The van der Waals surface area contributed by atoms with Gasteiger partial charge >= 0.3 is 11.9 Å². The van der Waals surface area contributed by atoms with Crippen molar-refractivity contribution < 1.29 is 19.1 Å². The van der Waals surface area contributed by atoms with E-state index in [4.69, 9.17) is 9.47 Å². The quantitative estimate of drug-likeness (QED) is 0.104. The number of nitrogens with zero attached hydrogens (tertiary/aromatic N) is 2. The molecule has 6 nitrogen and oxygen atoms in total. The van der Waals surface area contributed by atoms with Crippen molar-refractivity contribution in [1.82, 2.24) is 9.97 Å². The van der Waals surface area contributed by atoms with Crippen LogP contribution in [0, 0.1) is 11.8 Å². The van der Waals surface area contributed by atoms with Crippen molar-refractivity contribution in [2.24, 2.45) is 11.8 Å². The van der Waals surface area contributed by atoms with Gasteiger partial charge in [-0.2, -0.15) is 0 Å². The topological polar surface area (TPSA) is 78.4 Å². The molecule has 4 atom stereocenters. The smallest absolute Gasteiger partial charge is 0.309 e. The minimum atomic E-state index is 0.0151. The predicted molar refractivity (Wildman–Crippen MR) is 176 cm³/mol. The summed E-state index contributed by atoms with van der Waals surface area (Å²) in [5, 5.41) is 0. The monoisotopic (exact) mass is 604 g/mol. The van der Waals surface area contributed by atoms with Crippen LogP contribution >= 0.6 is 0 Å². The fraction of sp³-hybridized carbons (Fsp3) is 0.684. The van der Waals surface area contributed by atoms with Crippen LogP contribution < -0.4 is 0 Å². The molecule has 4 unspecified atom stereocenters. The Morgan fingerprint density at radius 1 is 0.591 bits per heavy atom. The summed E-state index contributed by atoms with van der Waals surface area (Å²) in [4.78, 5) is 33.8. The number of hydrogen-bond donors (Lipinski definition) is 0. The van der Waals surface area contributed by atoms with Crippen molar-refractivity contribution in [3.05, 3.63) is 47.8 Å². The Kier molecular flexibility index (Phi) is 14.7. The second kappa shape index (κ2) is 18.9. The zero-order chi connectivity index (χ0) is 31.0. The van der Waals surface area contributed by atoms with Gasteiger partial charge in [-0.05, 0) is 88.2 Å². The number of unbranched alkanes of at least 4 members (excludes halogenated alkanes) is 8. The number of hydrogen-bond acceptors (Lipinski definition) is 6. The van der Waals surface area contributed by atoms with Gasteiger partial charge in [-0.25, -0.2) is 9.97 Å². The first kappa shape index (κ1) is 34.1. The van der Waals surface area contributed by atoms with Gasteiger partial charge in [0, 0.05) is 18.0 Å². The lowest BCUT2D eigenvalue weighted by Gasteiger charge is -2.08. The van der Waals surface area contributed by atoms with Gasteiger partial charge in [0.1, 0.15) is 12.2 Å². The molecule has 0 spiro atoms. The van der Waals surface area contributed by atoms with E-state index in [1.54, 1.807) is 0 Å². The molecule has 1 aromatic heterocycles. The third-order valence-electron chi connectivity index (χ3n) is 9.54. The second-order valence-electron chi connectivity index (χ2n) is 13.3. The van der Waals surface area contributed by atoms with Crippen LogP contribution in [0.25, 0.3) is 11.4 Å². The molecule has 2 fully saturated rings. The standard InChI is InChI=1S/C38H56N2O4/c1-3-5-7-9-19-34-25-32(37(41)43-34)17-13-11-15-29-21-23-31(24-22-29)36-39-27-30(28-40-36)16-12-14-18-33-26-35(44-38(33)42)20-10-8-6-4-2/h21-24,27-28,32-35H,3-20,25-26H2,1-2H3. The van der Waals surface area contributed by atoms with Gasteiger partial charge in [-0.3, -0.25) is 9.59 Å². The highest BCUT2D eigenvalue weighted by atomic mass is 16.6. The largest absolute Gasteiger partial charge is 0.462 e. The molecule has 2 aromatic rings. The van der Waals surface area contributed by atoms with E-state index in [0.29, 0.717) is 0 Å². The molecule has 0 N–H and O–H groups in total. The van der Waals surface area contributed by atoms with Gasteiger partial charge in [-0.1, -0.05) is 89.5 Å². The van der Waals surface area contributed by atoms with E-state index in [1.165, 1.54) is 56.9 Å². The lowest BCUT2D eigenvalue weighted by molar-refractivity contribution is -0.145. The minimum absolute atomic E-state index is 0.0151. The number of esters is 2. The van der Waals surface area contributed by atoms with Crippen LogP contribution in [0.5, 0.6) is 0 Å². The Hall–Kier alpha value is -2.76. The van der Waals surface area contributed by atoms with Crippen molar-refractivity contribution >= 4 is 11.9 Å². The number of carbonyl (C=O) groups is 2. The van der Waals surface area contributed by atoms with E-state index >= 15 is 0 Å². The number of ether oxygens (including phenoxy) is 2. The van der Waals surface area contributed by atoms with Crippen LogP contribution in [0.15, 0.2) is 36.7 Å². The molecule has 242 valence electrons. The molecule has 2 saturated heterocycles. The minimum Gasteiger partial charge on any atom is -0.462 e. The van der Waals surface area contributed by atoms with Crippen molar-refractivity contribution in [2.45, 2.75) is 154 Å². The van der Waals surface area contributed by atoms with Gasteiger partial charge in [0.2, 0.25) is 0 Å². The molecule has 0 saturated carbocycles. The Bertz CT molecular complexity index is 1030. The number of cyclic esters (lactones) is 2. The van der Waals surface area contributed by atoms with E-state index in [-0.39, 0.29) is 36.0 Å². The Morgan fingerprint density at radius 2 is 1.07 bits per heavy atom. The number of benzene rings is 1. The summed E-state index contributed by atoms with van der Waals surface area (Å²) >= 11 is 0. The highest BCUT2D eigenvalue weighted by Gasteiger charge is 2.34. The van der Waals surface area contributed by atoms with Crippen molar-refractivity contribution in [3.63, 3.8) is 0 Å². The number of aryl methyl sites for hydroxylation is 2. The first-order valence-corrected chi connectivity index (χ1v) is 17.9. The fourth-order valence-electron chi connectivity index (χ4n) is 6.76. The maximum atomic E-state index is 12.3. The molecule has 0 radical (unpaired) electrons. The van der Waals surface area contributed by atoms with Crippen molar-refractivity contribution in [2.75, 3.05) is 0 Å². The molecule has 44 heavy (non-hydrogen) atoms. The summed E-state index contributed by atoms with van der Waals surface area (Å²) in [6, 6.07) is 8.57. The Labute approximate surface area is 266 Å². The lowest BCUT2D eigenvalue weighted by Crippen LogP contribution is -2.07. The van der Waals surface area contributed by atoms with E-state index in [0.717, 1.165) is 94.0 Å². The average molecular weight is 605 g/mol. The summed E-state index contributed by atoms with van der Waals surface area (Å²) in [5.41, 5.74) is 3.48. The number of rotatable bonds is 21. The maximum Gasteiger partial charge on any atom is 0.309 e. The molecule has 2 aliphatic rings. The fourth-order valence-corrected chi connectivity index (χ4v) is 6.76. The lowest BCUT2D eigenvalue weighted by atomic mass is 9.95. The summed E-state index contributed by atoms with van der Waals surface area (Å²) in [5.74, 6) is 0.969. The first-order chi connectivity index (χ1) is 21.6. The molecule has 1 aromatic carbocycles. The molecular weight excluding hydrogens is 548 g/mol. The van der Waals surface area contributed by atoms with Crippen LogP contribution in [-0.4, -0.2) is 34.1 Å². The Morgan fingerprint density at radius 3 is 1.57 bits per heavy atom. The SMILES string of the molecule is CCCCCCC1CC(CCCCc2ccc(-c3ncc(CCCCC4CC(CCCCCC)OC4=O)cn3)cc2)C(=O)O1. The molecule has 2 aliphatic heterocycles. The van der Waals surface area contributed by atoms with E-state index < -0.39 is 0 Å². The van der Waals surface area contributed by atoms with Gasteiger partial charge in [0.05, 0.1) is 11.8 Å². The van der Waals surface area contributed by atoms with Crippen LogP contribution in [0.2, 0.25) is 0 Å². The highest BCUT2D eigenvalue weighted by Crippen LogP contribution is 2.30. The molecular formula is C38H56N2O4. The maximum absolute atomic E-state index is 12.3. The van der Waals surface area contributed by atoms with Crippen LogP contribution in [0.4, 0.5) is 0 Å². The van der Waals surface area contributed by atoms with E-state index in [2.05, 4.69) is 48.1 Å². The third-order valence-corrected chi connectivity index (χ3v) is 9.54. The van der Waals surface area contributed by atoms with Gasteiger partial charge in [0.25, 0.3) is 0 Å². The molecule has 4 rings (SSSR count). The van der Waals surface area contributed by atoms with Crippen LogP contribution in [0.1, 0.15) is 141 Å². The number of aromatic nitrogens is 2. The van der Waals surface area contributed by atoms with Crippen molar-refractivity contribution in [3.8, 4) is 11.4 Å². The molecule has 0 aliphatic carbocycles. The van der Waals surface area contributed by atoms with Crippen molar-refractivity contribution in [1.29, 1.82) is 0 Å². The van der Waals surface area contributed by atoms with E-state index in [1.807, 2.05) is 12.4 Å². The second-order valence-corrected chi connectivity index (χ2v) is 13.3. The van der Waals surface area contributed by atoms with Crippen LogP contribution in [-0.2, 0) is 31.9 Å². The average Bonchev–Trinajstić information content (AvgIpc) is 3.58. The third kappa shape index (κ3) is 11.3. The summed E-state index contributed by atoms with van der Waals surface area (Å²) < 4.78 is 11.3. The molecule has 0 bridgehead atoms. The molecule has 0 amide bonds. The van der Waals surface area contributed by atoms with Gasteiger partial charge in [-0.15, -0.1) is 0 Å². The summed E-state index contributed by atoms with van der Waals surface area (Å²) in [7, 11) is 0. The Balaban J connectivity index is 1.09. The van der Waals surface area contributed by atoms with Gasteiger partial charge < -0.3 is 9.47 Å². The summed E-state index contributed by atoms with van der Waals surface area (Å²) in [6.45, 7) is 4.44. The summed E-state index contributed by atoms with van der Waals surface area (Å²) in [6.07, 6.45) is 25.9. The van der Waals surface area contributed by atoms with Gasteiger partial charge in [0.15, 0.2) is 5.82 Å². The molecule has 3 heterocycles. The number of carbonyl (C=O) groups excluding carboxylic acids is 2.